The highest BCUT2D eigenvalue weighted by Gasteiger charge is 2.48. The topological polar surface area (TPSA) is 26.3 Å². The van der Waals surface area contributed by atoms with Crippen molar-refractivity contribution in [3.63, 3.8) is 0 Å². The van der Waals surface area contributed by atoms with Crippen molar-refractivity contribution in [2.24, 2.45) is 11.8 Å². The average molecular weight is 198 g/mol. The third-order valence-electron chi connectivity index (χ3n) is 3.39. The van der Waals surface area contributed by atoms with E-state index in [-0.39, 0.29) is 22.9 Å². The van der Waals surface area contributed by atoms with Crippen LogP contribution < -0.4 is 0 Å². The van der Waals surface area contributed by atoms with Crippen molar-refractivity contribution in [2.75, 3.05) is 0 Å². The standard InChI is InChI=1S/C12H22O2/c1-8(9(2)13)10-7-11(3,4)14-12(10,5)6/h8,10H,7H2,1-6H3. The average Bonchev–Trinajstić information content (AvgIpc) is 2.17. The molecular weight excluding hydrogens is 176 g/mol. The summed E-state index contributed by atoms with van der Waals surface area (Å²) in [6.07, 6.45) is 0.973. The molecule has 82 valence electrons. The molecule has 2 nitrogen and oxygen atoms in total. The molecule has 0 aromatic carbocycles. The zero-order valence-corrected chi connectivity index (χ0v) is 10.2. The van der Waals surface area contributed by atoms with Gasteiger partial charge in [0.2, 0.25) is 0 Å². The van der Waals surface area contributed by atoms with Gasteiger partial charge in [0.25, 0.3) is 0 Å². The van der Waals surface area contributed by atoms with Gasteiger partial charge in [-0.2, -0.15) is 0 Å². The fourth-order valence-corrected chi connectivity index (χ4v) is 2.67. The fourth-order valence-electron chi connectivity index (χ4n) is 2.67. The Morgan fingerprint density at radius 1 is 1.36 bits per heavy atom. The van der Waals surface area contributed by atoms with Crippen LogP contribution in [0.15, 0.2) is 0 Å². The maximum absolute atomic E-state index is 11.4. The van der Waals surface area contributed by atoms with Gasteiger partial charge in [-0.25, -0.2) is 0 Å². The molecule has 2 unspecified atom stereocenters. The zero-order chi connectivity index (χ0) is 11.1. The van der Waals surface area contributed by atoms with E-state index >= 15 is 0 Å². The van der Waals surface area contributed by atoms with Crippen molar-refractivity contribution in [2.45, 2.75) is 59.2 Å². The largest absolute Gasteiger partial charge is 0.369 e. The number of hydrogen-bond donors (Lipinski definition) is 0. The van der Waals surface area contributed by atoms with Gasteiger partial charge in [0.05, 0.1) is 11.2 Å². The molecule has 14 heavy (non-hydrogen) atoms. The first-order valence-electron chi connectivity index (χ1n) is 5.36. The van der Waals surface area contributed by atoms with E-state index < -0.39 is 0 Å². The second-order valence-electron chi connectivity index (χ2n) is 5.68. The molecule has 1 saturated heterocycles. The van der Waals surface area contributed by atoms with Crippen LogP contribution in [0, 0.1) is 11.8 Å². The lowest BCUT2D eigenvalue weighted by atomic mass is 9.77. The van der Waals surface area contributed by atoms with Crippen LogP contribution in [0.4, 0.5) is 0 Å². The SMILES string of the molecule is CC(=O)C(C)C1CC(C)(C)OC1(C)C. The lowest BCUT2D eigenvalue weighted by Crippen LogP contribution is -2.34. The number of carbonyl (C=O) groups is 1. The van der Waals surface area contributed by atoms with E-state index in [2.05, 4.69) is 27.7 Å². The van der Waals surface area contributed by atoms with E-state index in [1.807, 2.05) is 6.92 Å². The Labute approximate surface area is 87.0 Å². The van der Waals surface area contributed by atoms with Gasteiger partial charge in [0.1, 0.15) is 5.78 Å². The van der Waals surface area contributed by atoms with E-state index in [9.17, 15) is 4.79 Å². The van der Waals surface area contributed by atoms with Crippen molar-refractivity contribution in [1.29, 1.82) is 0 Å². The summed E-state index contributed by atoms with van der Waals surface area (Å²) in [5.41, 5.74) is -0.257. The minimum Gasteiger partial charge on any atom is -0.369 e. The number of carbonyl (C=O) groups excluding carboxylic acids is 1. The minimum absolute atomic E-state index is 0.0854. The minimum atomic E-state index is -0.172. The van der Waals surface area contributed by atoms with E-state index in [1.165, 1.54) is 0 Å². The molecule has 1 rings (SSSR count). The molecule has 2 heteroatoms. The molecule has 1 aliphatic heterocycles. The van der Waals surface area contributed by atoms with Crippen molar-refractivity contribution >= 4 is 5.78 Å². The van der Waals surface area contributed by atoms with Crippen LogP contribution >= 0.6 is 0 Å². The number of rotatable bonds is 2. The lowest BCUT2D eigenvalue weighted by molar-refractivity contribution is -0.125. The summed E-state index contributed by atoms with van der Waals surface area (Å²) in [7, 11) is 0. The van der Waals surface area contributed by atoms with Gasteiger partial charge in [-0.15, -0.1) is 0 Å². The number of ketones is 1. The number of ether oxygens (including phenoxy) is 1. The van der Waals surface area contributed by atoms with Crippen molar-refractivity contribution < 1.29 is 9.53 Å². The van der Waals surface area contributed by atoms with Crippen molar-refractivity contribution in [3.8, 4) is 0 Å². The molecule has 2 atom stereocenters. The Morgan fingerprint density at radius 2 is 1.86 bits per heavy atom. The summed E-state index contributed by atoms with van der Waals surface area (Å²) in [6.45, 7) is 12.1. The highest BCUT2D eigenvalue weighted by Crippen LogP contribution is 2.45. The molecule has 0 aromatic heterocycles. The summed E-state index contributed by atoms with van der Waals surface area (Å²) in [5, 5.41) is 0. The third-order valence-corrected chi connectivity index (χ3v) is 3.39. The first-order valence-corrected chi connectivity index (χ1v) is 5.36. The van der Waals surface area contributed by atoms with E-state index in [4.69, 9.17) is 4.74 Å². The molecule has 1 heterocycles. The van der Waals surface area contributed by atoms with Crippen LogP contribution in [0.1, 0.15) is 48.0 Å². The molecule has 0 aromatic rings. The van der Waals surface area contributed by atoms with E-state index in [1.54, 1.807) is 6.92 Å². The zero-order valence-electron chi connectivity index (χ0n) is 10.2. The first kappa shape index (κ1) is 11.7. The molecule has 0 amide bonds. The molecule has 1 fully saturated rings. The van der Waals surface area contributed by atoms with Crippen LogP contribution in [0.25, 0.3) is 0 Å². The van der Waals surface area contributed by atoms with Crippen molar-refractivity contribution in [3.05, 3.63) is 0 Å². The maximum atomic E-state index is 11.4. The molecule has 0 N–H and O–H groups in total. The summed E-state index contributed by atoms with van der Waals surface area (Å²) in [6, 6.07) is 0. The second-order valence-corrected chi connectivity index (χ2v) is 5.68. The Kier molecular flexibility index (Phi) is 2.79. The predicted molar refractivity (Wildman–Crippen MR) is 57.2 cm³/mol. The summed E-state index contributed by atoms with van der Waals surface area (Å²) < 4.78 is 5.97. The normalized spacial score (nSPS) is 31.4. The predicted octanol–water partition coefficient (Wildman–Crippen LogP) is 2.81. The fraction of sp³-hybridized carbons (Fsp3) is 0.917. The molecule has 0 bridgehead atoms. The van der Waals surface area contributed by atoms with Gasteiger partial charge in [-0.3, -0.25) is 4.79 Å². The molecule has 0 saturated carbocycles. The van der Waals surface area contributed by atoms with Crippen LogP contribution in [-0.4, -0.2) is 17.0 Å². The quantitative estimate of drug-likeness (QED) is 0.682. The van der Waals surface area contributed by atoms with Gasteiger partial charge in [-0.1, -0.05) is 6.92 Å². The number of hydrogen-bond acceptors (Lipinski definition) is 2. The van der Waals surface area contributed by atoms with E-state index in [0.717, 1.165) is 6.42 Å². The van der Waals surface area contributed by atoms with Crippen LogP contribution in [-0.2, 0) is 9.53 Å². The van der Waals surface area contributed by atoms with E-state index in [0.29, 0.717) is 5.92 Å². The maximum Gasteiger partial charge on any atom is 0.133 e. The lowest BCUT2D eigenvalue weighted by Gasteiger charge is -2.29. The van der Waals surface area contributed by atoms with Crippen LogP contribution in [0.5, 0.6) is 0 Å². The molecule has 0 radical (unpaired) electrons. The molecule has 0 spiro atoms. The van der Waals surface area contributed by atoms with Crippen LogP contribution in [0.3, 0.4) is 0 Å². The summed E-state index contributed by atoms with van der Waals surface area (Å²) >= 11 is 0. The highest BCUT2D eigenvalue weighted by molar-refractivity contribution is 5.78. The smallest absolute Gasteiger partial charge is 0.133 e. The Bertz CT molecular complexity index is 241. The summed E-state index contributed by atoms with van der Waals surface area (Å²) in [5.74, 6) is 0.714. The van der Waals surface area contributed by atoms with Gasteiger partial charge in [0.15, 0.2) is 0 Å². The Balaban J connectivity index is 2.85. The Morgan fingerprint density at radius 3 is 2.14 bits per heavy atom. The van der Waals surface area contributed by atoms with Crippen LogP contribution in [0.2, 0.25) is 0 Å². The van der Waals surface area contributed by atoms with Gasteiger partial charge in [-0.05, 0) is 47.0 Å². The van der Waals surface area contributed by atoms with Gasteiger partial charge >= 0.3 is 0 Å². The van der Waals surface area contributed by atoms with Crippen molar-refractivity contribution in [1.82, 2.24) is 0 Å². The first-order chi connectivity index (χ1) is 6.16. The monoisotopic (exact) mass is 198 g/mol. The van der Waals surface area contributed by atoms with Gasteiger partial charge in [0, 0.05) is 5.92 Å². The van der Waals surface area contributed by atoms with Gasteiger partial charge < -0.3 is 4.74 Å². The summed E-state index contributed by atoms with van der Waals surface area (Å²) in [4.78, 5) is 11.4. The molecule has 1 aliphatic rings. The number of Topliss-reactive ketones (excluding diaryl/α,β-unsaturated/α-hetero) is 1. The molecular formula is C12H22O2. The second kappa shape index (κ2) is 3.34. The third kappa shape index (κ3) is 2.17. The Hall–Kier alpha value is -0.370. The molecule has 0 aliphatic carbocycles. The highest BCUT2D eigenvalue weighted by atomic mass is 16.5.